The summed E-state index contributed by atoms with van der Waals surface area (Å²) in [6, 6.07) is 5.57. The van der Waals surface area contributed by atoms with Crippen LogP contribution in [0.5, 0.6) is 5.75 Å². The second-order valence-electron chi connectivity index (χ2n) is 10.8. The van der Waals surface area contributed by atoms with Crippen molar-refractivity contribution >= 4 is 23.2 Å². The molecule has 0 aliphatic heterocycles. The minimum atomic E-state index is -0.649. The fraction of sp³-hybridized carbons (Fsp3) is 0.419. The molecule has 3 aromatic rings. The van der Waals surface area contributed by atoms with Gasteiger partial charge in [-0.2, -0.15) is 0 Å². The maximum absolute atomic E-state index is 13.8. The number of carbonyl (C=O) groups is 2. The summed E-state index contributed by atoms with van der Waals surface area (Å²) < 4.78 is 12.9. The van der Waals surface area contributed by atoms with Crippen LogP contribution >= 0.6 is 0 Å². The van der Waals surface area contributed by atoms with Crippen molar-refractivity contribution in [1.82, 2.24) is 19.5 Å². The van der Waals surface area contributed by atoms with Crippen molar-refractivity contribution in [1.29, 1.82) is 0 Å². The summed E-state index contributed by atoms with van der Waals surface area (Å²) in [5.74, 6) is 0.959. The molecule has 0 bridgehead atoms. The molecule has 4 rings (SSSR count). The molecule has 0 saturated heterocycles. The zero-order valence-corrected chi connectivity index (χ0v) is 23.9. The summed E-state index contributed by atoms with van der Waals surface area (Å²) in [5, 5.41) is 3.16. The lowest BCUT2D eigenvalue weighted by atomic mass is 9.75. The summed E-state index contributed by atoms with van der Waals surface area (Å²) in [5.41, 5.74) is 1.72. The summed E-state index contributed by atoms with van der Waals surface area (Å²) in [7, 11) is 1.60. The van der Waals surface area contributed by atoms with Gasteiger partial charge in [-0.25, -0.2) is 19.1 Å². The molecule has 9 heteroatoms. The number of nitrogens with zero attached hydrogens (tertiary/aromatic N) is 4. The molecule has 2 unspecified atom stereocenters. The number of aryl methyl sites for hydroxylation is 1. The van der Waals surface area contributed by atoms with Crippen molar-refractivity contribution in [3.05, 3.63) is 71.7 Å². The van der Waals surface area contributed by atoms with Crippen LogP contribution < -0.4 is 4.74 Å². The van der Waals surface area contributed by atoms with Crippen molar-refractivity contribution in [2.45, 2.75) is 46.6 Å². The van der Waals surface area contributed by atoms with Gasteiger partial charge in [-0.05, 0) is 61.3 Å². The van der Waals surface area contributed by atoms with Gasteiger partial charge in [0.15, 0.2) is 11.5 Å². The third-order valence-electron chi connectivity index (χ3n) is 7.64. The number of amides is 1. The van der Waals surface area contributed by atoms with Crippen LogP contribution in [0.2, 0.25) is 0 Å². The summed E-state index contributed by atoms with van der Waals surface area (Å²) in [4.78, 5) is 37.5. The number of nitrogens with one attached hydrogen (secondary N) is 1. The monoisotopic (exact) mass is 543 g/mol. The lowest BCUT2D eigenvalue weighted by Gasteiger charge is -2.37. The van der Waals surface area contributed by atoms with Crippen LogP contribution in [-0.4, -0.2) is 57.7 Å². The highest BCUT2D eigenvalue weighted by Gasteiger charge is 2.38. The Balaban J connectivity index is 1.88. The molecule has 1 saturated carbocycles. The number of fused-ring (bicyclic) bond motifs is 1. The largest absolute Gasteiger partial charge is 0.496 e. The van der Waals surface area contributed by atoms with Gasteiger partial charge in [0.2, 0.25) is 5.69 Å². The number of esters is 1. The van der Waals surface area contributed by atoms with Crippen LogP contribution in [0.25, 0.3) is 21.9 Å². The van der Waals surface area contributed by atoms with Crippen LogP contribution in [0, 0.1) is 31.2 Å². The number of hydrogen-bond acceptors (Lipinski definition) is 5. The maximum atomic E-state index is 13.8. The number of aromatic nitrogens is 3. The molecule has 1 N–H and O–H groups in total. The first kappa shape index (κ1) is 28.7. The fourth-order valence-corrected chi connectivity index (χ4v) is 5.96. The maximum Gasteiger partial charge on any atom is 0.331 e. The van der Waals surface area contributed by atoms with E-state index in [1.54, 1.807) is 19.3 Å². The van der Waals surface area contributed by atoms with Crippen molar-refractivity contribution in [3.63, 3.8) is 0 Å². The van der Waals surface area contributed by atoms with Crippen molar-refractivity contribution in [3.8, 4) is 17.1 Å². The van der Waals surface area contributed by atoms with E-state index in [9.17, 15) is 9.59 Å². The van der Waals surface area contributed by atoms with Crippen LogP contribution in [-0.2, 0) is 4.74 Å². The quantitative estimate of drug-likeness (QED) is 0.196. The van der Waals surface area contributed by atoms with Crippen LogP contribution in [0.15, 0.2) is 43.5 Å². The highest BCUT2D eigenvalue weighted by atomic mass is 16.5. The Kier molecular flexibility index (Phi) is 8.48. The van der Waals surface area contributed by atoms with Gasteiger partial charge in [0.05, 0.1) is 13.7 Å². The Hall–Kier alpha value is -4.32. The van der Waals surface area contributed by atoms with E-state index in [-0.39, 0.29) is 53.6 Å². The lowest BCUT2D eigenvalue weighted by molar-refractivity contribution is -0.0249. The Morgan fingerprint density at radius 3 is 2.40 bits per heavy atom. The Labute approximate surface area is 235 Å². The number of aromatic amines is 1. The first-order valence-corrected chi connectivity index (χ1v) is 13.5. The predicted octanol–water partition coefficient (Wildman–Crippen LogP) is 6.24. The number of benzene rings is 1. The van der Waals surface area contributed by atoms with Gasteiger partial charge in [-0.15, -0.1) is 13.2 Å². The Bertz CT molecular complexity index is 1470. The smallest absolute Gasteiger partial charge is 0.331 e. The number of H-pyrrole nitrogens is 1. The Morgan fingerprint density at radius 2 is 1.85 bits per heavy atom. The minimum Gasteiger partial charge on any atom is -0.496 e. The van der Waals surface area contributed by atoms with E-state index in [2.05, 4.69) is 43.9 Å². The van der Waals surface area contributed by atoms with Gasteiger partial charge >= 0.3 is 5.97 Å². The van der Waals surface area contributed by atoms with Gasteiger partial charge in [-0.1, -0.05) is 32.9 Å². The van der Waals surface area contributed by atoms with Crippen molar-refractivity contribution < 1.29 is 19.1 Å². The highest BCUT2D eigenvalue weighted by Crippen LogP contribution is 2.38. The molecule has 2 atom stereocenters. The van der Waals surface area contributed by atoms with Gasteiger partial charge in [0, 0.05) is 18.7 Å². The van der Waals surface area contributed by atoms with Crippen molar-refractivity contribution in [2.24, 2.45) is 17.8 Å². The molecule has 1 aromatic carbocycles. The third kappa shape index (κ3) is 5.26. The van der Waals surface area contributed by atoms with Crippen molar-refractivity contribution in [2.75, 3.05) is 20.2 Å². The molecule has 1 amide bonds. The average molecular weight is 544 g/mol. The molecule has 1 fully saturated rings. The number of ether oxygens (including phenoxy) is 2. The summed E-state index contributed by atoms with van der Waals surface area (Å²) >= 11 is 0. The molecule has 2 aromatic heterocycles. The van der Waals surface area contributed by atoms with E-state index in [4.69, 9.17) is 21.0 Å². The van der Waals surface area contributed by atoms with E-state index in [0.29, 0.717) is 11.7 Å². The molecule has 1 aliphatic rings. The van der Waals surface area contributed by atoms with Crippen LogP contribution in [0.3, 0.4) is 0 Å². The lowest BCUT2D eigenvalue weighted by Crippen LogP contribution is -2.37. The second kappa shape index (κ2) is 11.8. The number of methoxy groups -OCH3 is 1. The van der Waals surface area contributed by atoms with Gasteiger partial charge < -0.3 is 14.4 Å². The van der Waals surface area contributed by atoms with E-state index < -0.39 is 11.9 Å². The molecule has 210 valence electrons. The molecule has 0 radical (unpaired) electrons. The van der Waals surface area contributed by atoms with E-state index in [0.717, 1.165) is 29.7 Å². The van der Waals surface area contributed by atoms with E-state index in [1.807, 2.05) is 25.1 Å². The average Bonchev–Trinajstić information content (AvgIpc) is 3.46. The van der Waals surface area contributed by atoms with E-state index >= 15 is 0 Å². The van der Waals surface area contributed by atoms with E-state index in [1.165, 1.54) is 9.42 Å². The predicted molar refractivity (Wildman–Crippen MR) is 155 cm³/mol. The number of rotatable bonds is 9. The van der Waals surface area contributed by atoms with Gasteiger partial charge in [0.25, 0.3) is 5.91 Å². The summed E-state index contributed by atoms with van der Waals surface area (Å²) in [6.45, 7) is 24.3. The normalized spacial score (nSPS) is 20.5. The first-order chi connectivity index (χ1) is 19.1. The van der Waals surface area contributed by atoms with Gasteiger partial charge in [-0.3, -0.25) is 9.89 Å². The number of carbonyl (C=O) groups excluding carboxylic acids is 2. The first-order valence-electron chi connectivity index (χ1n) is 13.5. The SMILES string of the molecule is [C-]#[N+]c1c(C(=O)OC2C(C)CC(C)CC2C)c2nc(-c3ccc(OC)c(C)c3)[nH]n2c1C(=O)N(CC=C)CC=C. The number of hydrogen-bond donors (Lipinski definition) is 1. The zero-order valence-electron chi connectivity index (χ0n) is 23.9. The van der Waals surface area contributed by atoms with Gasteiger partial charge in [0.1, 0.15) is 23.1 Å². The minimum absolute atomic E-state index is 0.0127. The topological polar surface area (TPSA) is 93.3 Å². The van der Waals surface area contributed by atoms with Crippen LogP contribution in [0.1, 0.15) is 60.0 Å². The third-order valence-corrected chi connectivity index (χ3v) is 7.64. The molecule has 0 spiro atoms. The van der Waals surface area contributed by atoms with Crippen LogP contribution in [0.4, 0.5) is 5.69 Å². The Morgan fingerprint density at radius 1 is 1.20 bits per heavy atom. The standard InChI is InChI=1S/C31H37N5O4/c1-9-13-35(14-10-2)30(37)26-25(32-7)24(31(38)40-27-20(5)15-18(3)16-21(27)6)29-33-28(34-36(26)29)22-11-12-23(39-8)19(4)17-22/h9-12,17-18,20-21,27H,1-2,13-16H2,3-6,8H3,(H,33,34). The molecule has 9 nitrogen and oxygen atoms in total. The molecular formula is C31H37N5O4. The fourth-order valence-electron chi connectivity index (χ4n) is 5.96. The zero-order chi connectivity index (χ0) is 29.1. The molecule has 1 aliphatic carbocycles. The molecular weight excluding hydrogens is 506 g/mol. The summed E-state index contributed by atoms with van der Waals surface area (Å²) in [6.07, 6.45) is 4.81. The second-order valence-corrected chi connectivity index (χ2v) is 10.8. The molecule has 40 heavy (non-hydrogen) atoms. The molecule has 2 heterocycles. The highest BCUT2D eigenvalue weighted by molar-refractivity contribution is 6.11.